The van der Waals surface area contributed by atoms with Crippen LogP contribution in [0.3, 0.4) is 0 Å². The van der Waals surface area contributed by atoms with Crippen LogP contribution in [0.5, 0.6) is 0 Å². The Bertz CT molecular complexity index is 600. The van der Waals surface area contributed by atoms with E-state index in [0.717, 1.165) is 45.8 Å². The number of aryl methyl sites for hydroxylation is 1. The van der Waals surface area contributed by atoms with Gasteiger partial charge in [0.15, 0.2) is 0 Å². The fraction of sp³-hybridized carbons (Fsp3) is 0.682. The first kappa shape index (κ1) is 21.7. The number of piperazine rings is 1. The Balaban J connectivity index is 2.08. The molecule has 152 valence electrons. The topological polar surface area (TPSA) is 36.0 Å². The molecule has 1 aliphatic heterocycles. The molecule has 1 amide bonds. The van der Waals surface area contributed by atoms with E-state index in [-0.39, 0.29) is 6.09 Å². The minimum Gasteiger partial charge on any atom is -0.444 e. The maximum Gasteiger partial charge on any atom is 0.410 e. The highest BCUT2D eigenvalue weighted by atomic mass is 16.6. The van der Waals surface area contributed by atoms with Crippen molar-refractivity contribution in [3.05, 3.63) is 35.4 Å². The maximum absolute atomic E-state index is 12.4. The summed E-state index contributed by atoms with van der Waals surface area (Å²) in [6.07, 6.45) is -0.196. The quantitative estimate of drug-likeness (QED) is 0.755. The van der Waals surface area contributed by atoms with Crippen LogP contribution in [0.1, 0.15) is 51.8 Å². The first-order chi connectivity index (χ1) is 12.7. The summed E-state index contributed by atoms with van der Waals surface area (Å²) in [5.74, 6) is 0. The molecule has 1 aliphatic rings. The fourth-order valence-electron chi connectivity index (χ4n) is 3.58. The molecule has 0 aromatic heterocycles. The van der Waals surface area contributed by atoms with Gasteiger partial charge in [-0.15, -0.1) is 0 Å². The van der Waals surface area contributed by atoms with E-state index in [1.165, 1.54) is 11.1 Å². The van der Waals surface area contributed by atoms with Crippen LogP contribution in [-0.4, -0.2) is 72.2 Å². The van der Waals surface area contributed by atoms with Crippen LogP contribution in [0.4, 0.5) is 4.79 Å². The second-order valence-corrected chi connectivity index (χ2v) is 8.42. The molecule has 1 atom stereocenters. The number of hydrogen-bond donors (Lipinski definition) is 0. The molecule has 0 bridgehead atoms. The molecule has 0 aliphatic carbocycles. The van der Waals surface area contributed by atoms with E-state index in [0.29, 0.717) is 6.04 Å². The van der Waals surface area contributed by atoms with Crippen LogP contribution < -0.4 is 0 Å². The van der Waals surface area contributed by atoms with E-state index in [1.54, 1.807) is 0 Å². The van der Waals surface area contributed by atoms with Gasteiger partial charge in [-0.3, -0.25) is 4.90 Å². The number of benzene rings is 1. The monoisotopic (exact) mass is 375 g/mol. The van der Waals surface area contributed by atoms with Crippen LogP contribution in [0.2, 0.25) is 0 Å². The summed E-state index contributed by atoms with van der Waals surface area (Å²) in [7, 11) is 0. The lowest BCUT2D eigenvalue weighted by molar-refractivity contribution is 0.00819. The summed E-state index contributed by atoms with van der Waals surface area (Å²) in [5.41, 5.74) is 2.22. The highest BCUT2D eigenvalue weighted by molar-refractivity contribution is 5.68. The number of likely N-dealkylation sites (N-methyl/N-ethyl adjacent to an activating group) is 1. The molecule has 5 nitrogen and oxygen atoms in total. The van der Waals surface area contributed by atoms with Crippen LogP contribution in [-0.2, 0) is 4.74 Å². The Kier molecular flexibility index (Phi) is 7.68. The third-order valence-corrected chi connectivity index (χ3v) is 5.16. The van der Waals surface area contributed by atoms with Gasteiger partial charge in [0, 0.05) is 38.8 Å². The van der Waals surface area contributed by atoms with E-state index in [4.69, 9.17) is 4.74 Å². The van der Waals surface area contributed by atoms with E-state index in [1.807, 2.05) is 25.7 Å². The van der Waals surface area contributed by atoms with Gasteiger partial charge in [-0.2, -0.15) is 0 Å². The van der Waals surface area contributed by atoms with Crippen molar-refractivity contribution in [3.8, 4) is 0 Å². The van der Waals surface area contributed by atoms with Crippen molar-refractivity contribution in [1.29, 1.82) is 0 Å². The highest BCUT2D eigenvalue weighted by Gasteiger charge is 2.30. The van der Waals surface area contributed by atoms with E-state index < -0.39 is 5.60 Å². The molecule has 1 aromatic rings. The van der Waals surface area contributed by atoms with Gasteiger partial charge < -0.3 is 14.5 Å². The second-order valence-electron chi connectivity index (χ2n) is 8.42. The maximum atomic E-state index is 12.4. The Morgan fingerprint density at radius 1 is 1.15 bits per heavy atom. The first-order valence-corrected chi connectivity index (χ1v) is 10.2. The predicted molar refractivity (Wildman–Crippen MR) is 111 cm³/mol. The van der Waals surface area contributed by atoms with Gasteiger partial charge >= 0.3 is 6.09 Å². The van der Waals surface area contributed by atoms with Crippen molar-refractivity contribution in [2.45, 2.75) is 53.2 Å². The van der Waals surface area contributed by atoms with Gasteiger partial charge in [-0.05, 0) is 46.3 Å². The van der Waals surface area contributed by atoms with Gasteiger partial charge in [-0.1, -0.05) is 43.7 Å². The molecule has 5 heteroatoms. The van der Waals surface area contributed by atoms with Crippen molar-refractivity contribution in [2.75, 3.05) is 45.8 Å². The molecule has 1 aromatic carbocycles. The summed E-state index contributed by atoms with van der Waals surface area (Å²) in [4.78, 5) is 19.2. The Morgan fingerprint density at radius 3 is 2.30 bits per heavy atom. The average molecular weight is 376 g/mol. The van der Waals surface area contributed by atoms with Gasteiger partial charge in [0.05, 0.1) is 0 Å². The third kappa shape index (κ3) is 6.51. The zero-order chi connectivity index (χ0) is 20.0. The molecule has 27 heavy (non-hydrogen) atoms. The average Bonchev–Trinajstić information content (AvgIpc) is 2.61. The summed E-state index contributed by atoms with van der Waals surface area (Å²) in [6.45, 7) is 18.6. The van der Waals surface area contributed by atoms with Crippen LogP contribution in [0, 0.1) is 6.92 Å². The first-order valence-electron chi connectivity index (χ1n) is 10.2. The standard InChI is InChI=1S/C22H37N3O2/c1-7-23(8-2)17-20(19-11-9-10-18(3)16-19)24-12-14-25(15-13-24)21(26)27-22(4,5)6/h9-11,16,20H,7-8,12-15,17H2,1-6H3. The fourth-order valence-corrected chi connectivity index (χ4v) is 3.58. The molecule has 0 radical (unpaired) electrons. The highest BCUT2D eigenvalue weighted by Crippen LogP contribution is 2.25. The number of nitrogens with zero attached hydrogens (tertiary/aromatic N) is 3. The molecule has 1 unspecified atom stereocenters. The lowest BCUT2D eigenvalue weighted by Crippen LogP contribution is -2.52. The summed E-state index contributed by atoms with van der Waals surface area (Å²) in [5, 5.41) is 0. The number of rotatable bonds is 6. The van der Waals surface area contributed by atoms with Crippen molar-refractivity contribution >= 4 is 6.09 Å². The minimum atomic E-state index is -0.443. The van der Waals surface area contributed by atoms with Gasteiger partial charge in [0.1, 0.15) is 5.60 Å². The molecule has 1 saturated heterocycles. The second kappa shape index (κ2) is 9.56. The van der Waals surface area contributed by atoms with Crippen molar-refractivity contribution in [2.24, 2.45) is 0 Å². The lowest BCUT2D eigenvalue weighted by atomic mass is 10.0. The number of hydrogen-bond acceptors (Lipinski definition) is 4. The van der Waals surface area contributed by atoms with E-state index in [2.05, 4.69) is 54.8 Å². The molecular formula is C22H37N3O2. The molecule has 0 spiro atoms. The summed E-state index contributed by atoms with van der Waals surface area (Å²) < 4.78 is 5.53. The molecule has 1 heterocycles. The zero-order valence-electron chi connectivity index (χ0n) is 18.0. The smallest absolute Gasteiger partial charge is 0.410 e. The Labute approximate surface area is 165 Å². The third-order valence-electron chi connectivity index (χ3n) is 5.16. The SMILES string of the molecule is CCN(CC)CC(c1cccc(C)c1)N1CCN(C(=O)OC(C)(C)C)CC1. The number of carbonyl (C=O) groups excluding carboxylic acids is 1. The van der Waals surface area contributed by atoms with Crippen molar-refractivity contribution < 1.29 is 9.53 Å². The van der Waals surface area contributed by atoms with Crippen LogP contribution >= 0.6 is 0 Å². The molecule has 0 N–H and O–H groups in total. The summed E-state index contributed by atoms with van der Waals surface area (Å²) >= 11 is 0. The molecule has 0 saturated carbocycles. The van der Waals surface area contributed by atoms with Gasteiger partial charge in [0.25, 0.3) is 0 Å². The molecular weight excluding hydrogens is 338 g/mol. The minimum absolute atomic E-state index is 0.196. The van der Waals surface area contributed by atoms with Crippen molar-refractivity contribution in [3.63, 3.8) is 0 Å². The number of ether oxygens (including phenoxy) is 1. The predicted octanol–water partition coefficient (Wildman–Crippen LogP) is 3.93. The molecule has 1 fully saturated rings. The van der Waals surface area contributed by atoms with Gasteiger partial charge in [0.2, 0.25) is 0 Å². The largest absolute Gasteiger partial charge is 0.444 e. The normalized spacial score (nSPS) is 17.2. The van der Waals surface area contributed by atoms with E-state index >= 15 is 0 Å². The number of amides is 1. The Hall–Kier alpha value is -1.59. The number of carbonyl (C=O) groups is 1. The van der Waals surface area contributed by atoms with E-state index in [9.17, 15) is 4.79 Å². The zero-order valence-corrected chi connectivity index (χ0v) is 18.0. The lowest BCUT2D eigenvalue weighted by Gasteiger charge is -2.41. The Morgan fingerprint density at radius 2 is 1.78 bits per heavy atom. The summed E-state index contributed by atoms with van der Waals surface area (Å²) in [6, 6.07) is 9.19. The van der Waals surface area contributed by atoms with Crippen molar-refractivity contribution in [1.82, 2.24) is 14.7 Å². The van der Waals surface area contributed by atoms with Gasteiger partial charge in [-0.25, -0.2) is 4.79 Å². The van der Waals surface area contributed by atoms with Crippen LogP contribution in [0.25, 0.3) is 0 Å². The van der Waals surface area contributed by atoms with Crippen LogP contribution in [0.15, 0.2) is 24.3 Å². The molecule has 2 rings (SSSR count).